The number of rotatable bonds is 6. The van der Waals surface area contributed by atoms with Crippen LogP contribution in [0.4, 0.5) is 23.0 Å². The summed E-state index contributed by atoms with van der Waals surface area (Å²) in [5, 5.41) is 6.40. The molecule has 126 valence electrons. The zero-order valence-corrected chi connectivity index (χ0v) is 14.0. The molecule has 6 nitrogen and oxygen atoms in total. The van der Waals surface area contributed by atoms with Gasteiger partial charge in [0.05, 0.1) is 12.8 Å². The third-order valence-electron chi connectivity index (χ3n) is 3.60. The molecule has 0 atom stereocenters. The van der Waals surface area contributed by atoms with E-state index < -0.39 is 0 Å². The summed E-state index contributed by atoms with van der Waals surface area (Å²) in [5.41, 5.74) is 2.33. The molecule has 1 aromatic heterocycles. The first kappa shape index (κ1) is 16.4. The quantitative estimate of drug-likeness (QED) is 0.659. The number of hydrogen-bond acceptors (Lipinski definition) is 6. The number of ketones is 1. The number of hydrogen-bond donors (Lipinski definition) is 2. The van der Waals surface area contributed by atoms with E-state index in [9.17, 15) is 4.79 Å². The molecule has 0 aliphatic carbocycles. The number of benzene rings is 2. The maximum Gasteiger partial charge on any atom is 0.159 e. The van der Waals surface area contributed by atoms with E-state index in [4.69, 9.17) is 4.74 Å². The average Bonchev–Trinajstić information content (AvgIpc) is 2.63. The molecule has 0 bridgehead atoms. The van der Waals surface area contributed by atoms with Gasteiger partial charge in [0.25, 0.3) is 0 Å². The molecule has 25 heavy (non-hydrogen) atoms. The Morgan fingerprint density at radius 2 is 1.64 bits per heavy atom. The molecule has 0 fully saturated rings. The molecular weight excluding hydrogens is 316 g/mol. The van der Waals surface area contributed by atoms with Crippen molar-refractivity contribution in [2.75, 3.05) is 17.7 Å². The molecule has 0 saturated carbocycles. The predicted octanol–water partition coefficient (Wildman–Crippen LogP) is 4.18. The second kappa shape index (κ2) is 7.44. The van der Waals surface area contributed by atoms with Crippen LogP contribution in [0.5, 0.6) is 5.75 Å². The van der Waals surface area contributed by atoms with E-state index in [1.54, 1.807) is 32.2 Å². The number of Topliss-reactive ketones (excluding diaryl/α,β-unsaturated/α-hetero) is 1. The normalized spacial score (nSPS) is 10.2. The predicted molar refractivity (Wildman–Crippen MR) is 98.0 cm³/mol. The van der Waals surface area contributed by atoms with Gasteiger partial charge >= 0.3 is 0 Å². The fraction of sp³-hybridized carbons (Fsp3) is 0.105. The van der Waals surface area contributed by atoms with Crippen LogP contribution in [0.25, 0.3) is 0 Å². The van der Waals surface area contributed by atoms with E-state index >= 15 is 0 Å². The molecule has 0 saturated heterocycles. The summed E-state index contributed by atoms with van der Waals surface area (Å²) in [4.78, 5) is 19.8. The summed E-state index contributed by atoms with van der Waals surface area (Å²) in [5.74, 6) is 2.05. The van der Waals surface area contributed by atoms with Crippen LogP contribution >= 0.6 is 0 Å². The number of nitrogens with one attached hydrogen (secondary N) is 2. The fourth-order valence-electron chi connectivity index (χ4n) is 2.32. The molecule has 0 unspecified atom stereocenters. The van der Waals surface area contributed by atoms with E-state index in [1.807, 2.05) is 36.4 Å². The van der Waals surface area contributed by atoms with E-state index in [-0.39, 0.29) is 5.78 Å². The minimum atomic E-state index is 0.0388. The van der Waals surface area contributed by atoms with Crippen LogP contribution in [0.3, 0.4) is 0 Å². The monoisotopic (exact) mass is 334 g/mol. The molecule has 1 heterocycles. The Morgan fingerprint density at radius 3 is 2.32 bits per heavy atom. The summed E-state index contributed by atoms with van der Waals surface area (Å²) in [6, 6.07) is 16.6. The highest BCUT2D eigenvalue weighted by Gasteiger charge is 2.05. The summed E-state index contributed by atoms with van der Waals surface area (Å²) in [6.45, 7) is 1.54. The van der Waals surface area contributed by atoms with Crippen LogP contribution in [0.2, 0.25) is 0 Å². The van der Waals surface area contributed by atoms with Crippen LogP contribution in [0.1, 0.15) is 17.3 Å². The number of ether oxygens (including phenoxy) is 1. The molecule has 0 spiro atoms. The molecule has 0 amide bonds. The number of carbonyl (C=O) groups is 1. The smallest absolute Gasteiger partial charge is 0.159 e. The van der Waals surface area contributed by atoms with Crippen LogP contribution in [0, 0.1) is 0 Å². The van der Waals surface area contributed by atoms with E-state index in [2.05, 4.69) is 20.6 Å². The standard InChI is InChI=1S/C19H18N4O2/c1-13(24)14-7-9-15(10-8-14)22-18-11-19(21-12-20-18)23-16-5-3-4-6-17(16)25-2/h3-12H,1-2H3,(H2,20,21,22,23). The molecule has 0 radical (unpaired) electrons. The van der Waals surface area contributed by atoms with Crippen LogP contribution in [0.15, 0.2) is 60.9 Å². The van der Waals surface area contributed by atoms with E-state index in [1.165, 1.54) is 6.33 Å². The zero-order valence-electron chi connectivity index (χ0n) is 14.0. The third kappa shape index (κ3) is 4.11. The molecule has 2 aromatic carbocycles. The van der Waals surface area contributed by atoms with Gasteiger partial charge in [-0.15, -0.1) is 0 Å². The van der Waals surface area contributed by atoms with Crippen molar-refractivity contribution >= 4 is 28.8 Å². The van der Waals surface area contributed by atoms with Crippen molar-refractivity contribution in [2.45, 2.75) is 6.92 Å². The van der Waals surface area contributed by atoms with Gasteiger partial charge in [0.15, 0.2) is 5.78 Å². The SMILES string of the molecule is COc1ccccc1Nc1cc(Nc2ccc(C(C)=O)cc2)ncn1. The van der Waals surface area contributed by atoms with E-state index in [0.717, 1.165) is 17.1 Å². The largest absolute Gasteiger partial charge is 0.495 e. The molecule has 2 N–H and O–H groups in total. The summed E-state index contributed by atoms with van der Waals surface area (Å²) in [7, 11) is 1.62. The number of anilines is 4. The Hall–Kier alpha value is -3.41. The Morgan fingerprint density at radius 1 is 0.960 bits per heavy atom. The summed E-state index contributed by atoms with van der Waals surface area (Å²) in [6.07, 6.45) is 1.48. The number of methoxy groups -OCH3 is 1. The highest BCUT2D eigenvalue weighted by molar-refractivity contribution is 5.94. The van der Waals surface area contributed by atoms with Crippen molar-refractivity contribution in [3.05, 3.63) is 66.5 Å². The molecule has 6 heteroatoms. The number of aromatic nitrogens is 2. The van der Waals surface area contributed by atoms with Crippen LogP contribution in [-0.4, -0.2) is 22.9 Å². The Bertz CT molecular complexity index is 879. The first-order chi connectivity index (χ1) is 12.2. The van der Waals surface area contributed by atoms with Gasteiger partial charge in [-0.05, 0) is 43.3 Å². The lowest BCUT2D eigenvalue weighted by molar-refractivity contribution is 0.101. The van der Waals surface area contributed by atoms with Gasteiger partial charge in [0, 0.05) is 17.3 Å². The van der Waals surface area contributed by atoms with Gasteiger partial charge < -0.3 is 15.4 Å². The second-order valence-electron chi connectivity index (χ2n) is 5.37. The summed E-state index contributed by atoms with van der Waals surface area (Å²) < 4.78 is 5.32. The number of para-hydroxylation sites is 2. The van der Waals surface area contributed by atoms with Crippen molar-refractivity contribution in [2.24, 2.45) is 0 Å². The van der Waals surface area contributed by atoms with Gasteiger partial charge in [0.2, 0.25) is 0 Å². The average molecular weight is 334 g/mol. The maximum atomic E-state index is 11.3. The molecule has 0 aliphatic heterocycles. The van der Waals surface area contributed by atoms with Gasteiger partial charge in [-0.1, -0.05) is 12.1 Å². The zero-order chi connectivity index (χ0) is 17.6. The van der Waals surface area contributed by atoms with Crippen molar-refractivity contribution < 1.29 is 9.53 Å². The minimum absolute atomic E-state index is 0.0388. The van der Waals surface area contributed by atoms with Gasteiger partial charge in [-0.25, -0.2) is 9.97 Å². The lowest BCUT2D eigenvalue weighted by atomic mass is 10.1. The second-order valence-corrected chi connectivity index (χ2v) is 5.37. The first-order valence-electron chi connectivity index (χ1n) is 7.76. The Labute approximate surface area is 145 Å². The highest BCUT2D eigenvalue weighted by Crippen LogP contribution is 2.27. The minimum Gasteiger partial charge on any atom is -0.495 e. The Balaban J connectivity index is 1.76. The van der Waals surface area contributed by atoms with Crippen molar-refractivity contribution in [3.8, 4) is 5.75 Å². The molecule has 3 aromatic rings. The maximum absolute atomic E-state index is 11.3. The molecule has 3 rings (SSSR count). The lowest BCUT2D eigenvalue weighted by Gasteiger charge is -2.11. The van der Waals surface area contributed by atoms with Crippen LogP contribution in [-0.2, 0) is 0 Å². The first-order valence-corrected chi connectivity index (χ1v) is 7.76. The lowest BCUT2D eigenvalue weighted by Crippen LogP contribution is -2.00. The topological polar surface area (TPSA) is 76.1 Å². The molecular formula is C19H18N4O2. The van der Waals surface area contributed by atoms with Crippen molar-refractivity contribution in [1.29, 1.82) is 0 Å². The number of nitrogens with zero attached hydrogens (tertiary/aromatic N) is 2. The molecule has 0 aliphatic rings. The van der Waals surface area contributed by atoms with Gasteiger partial charge in [-0.2, -0.15) is 0 Å². The van der Waals surface area contributed by atoms with Crippen LogP contribution < -0.4 is 15.4 Å². The van der Waals surface area contributed by atoms with E-state index in [0.29, 0.717) is 17.2 Å². The summed E-state index contributed by atoms with van der Waals surface area (Å²) >= 11 is 0. The highest BCUT2D eigenvalue weighted by atomic mass is 16.5. The van der Waals surface area contributed by atoms with Gasteiger partial charge in [0.1, 0.15) is 23.7 Å². The van der Waals surface area contributed by atoms with Crippen molar-refractivity contribution in [1.82, 2.24) is 9.97 Å². The van der Waals surface area contributed by atoms with Gasteiger partial charge in [-0.3, -0.25) is 4.79 Å². The fourth-order valence-corrected chi connectivity index (χ4v) is 2.32. The van der Waals surface area contributed by atoms with Crippen molar-refractivity contribution in [3.63, 3.8) is 0 Å². The number of carbonyl (C=O) groups excluding carboxylic acids is 1. The Kier molecular flexibility index (Phi) is 4.89. The third-order valence-corrected chi connectivity index (χ3v) is 3.60.